The molecule has 0 aromatic heterocycles. The van der Waals surface area contributed by atoms with E-state index in [1.54, 1.807) is 0 Å². The normalized spacial score (nSPS) is 19.6. The van der Waals surface area contributed by atoms with E-state index in [1.807, 2.05) is 13.8 Å². The minimum absolute atomic E-state index is 0.411. The van der Waals surface area contributed by atoms with E-state index in [0.29, 0.717) is 5.41 Å². The molecule has 1 aliphatic carbocycles. The SMILES string of the molecule is CC.CC1(C)C=CC=CC1. The molecule has 1 rings (SSSR count). The highest BCUT2D eigenvalue weighted by Gasteiger charge is 2.11. The largest absolute Gasteiger partial charge is 0.0837 e. The maximum absolute atomic E-state index is 2.24. The quantitative estimate of drug-likeness (QED) is 0.480. The second kappa shape index (κ2) is 4.32. The molecule has 0 unspecified atom stereocenters. The van der Waals surface area contributed by atoms with Crippen molar-refractivity contribution < 1.29 is 0 Å². The van der Waals surface area contributed by atoms with Crippen molar-refractivity contribution in [1.29, 1.82) is 0 Å². The molecule has 0 fully saturated rings. The number of hydrogen-bond acceptors (Lipinski definition) is 0. The van der Waals surface area contributed by atoms with Crippen molar-refractivity contribution in [3.8, 4) is 0 Å². The Morgan fingerprint density at radius 2 is 1.70 bits per heavy atom. The van der Waals surface area contributed by atoms with E-state index >= 15 is 0 Å². The molecule has 0 amide bonds. The highest BCUT2D eigenvalue weighted by molar-refractivity contribution is 5.13. The molecule has 0 heterocycles. The predicted octanol–water partition coefficient (Wildman–Crippen LogP) is 3.55. The first kappa shape index (κ1) is 9.48. The van der Waals surface area contributed by atoms with Gasteiger partial charge in [0.1, 0.15) is 0 Å². The van der Waals surface area contributed by atoms with Crippen LogP contribution in [-0.4, -0.2) is 0 Å². The second-order valence-corrected chi connectivity index (χ2v) is 2.98. The maximum atomic E-state index is 2.24. The van der Waals surface area contributed by atoms with Crippen molar-refractivity contribution in [2.75, 3.05) is 0 Å². The van der Waals surface area contributed by atoms with Gasteiger partial charge < -0.3 is 0 Å². The van der Waals surface area contributed by atoms with Crippen LogP contribution < -0.4 is 0 Å². The molecule has 0 aliphatic heterocycles. The van der Waals surface area contributed by atoms with E-state index in [4.69, 9.17) is 0 Å². The van der Waals surface area contributed by atoms with Crippen LogP contribution in [0.1, 0.15) is 34.1 Å². The monoisotopic (exact) mass is 138 g/mol. The lowest BCUT2D eigenvalue weighted by atomic mass is 9.86. The Balaban J connectivity index is 0.000000371. The Labute approximate surface area is 64.6 Å². The lowest BCUT2D eigenvalue weighted by Gasteiger charge is -2.19. The first-order valence-corrected chi connectivity index (χ1v) is 4.05. The Hall–Kier alpha value is -0.520. The maximum Gasteiger partial charge on any atom is -0.0137 e. The zero-order valence-corrected chi connectivity index (χ0v) is 7.52. The summed E-state index contributed by atoms with van der Waals surface area (Å²) in [6, 6.07) is 0. The van der Waals surface area contributed by atoms with Gasteiger partial charge in [0.2, 0.25) is 0 Å². The third-order valence-corrected chi connectivity index (χ3v) is 1.44. The van der Waals surface area contributed by atoms with Crippen LogP contribution >= 0.6 is 0 Å². The molecule has 0 saturated carbocycles. The number of allylic oxidation sites excluding steroid dienone is 4. The zero-order chi connectivity index (χ0) is 8.04. The van der Waals surface area contributed by atoms with Crippen molar-refractivity contribution in [2.45, 2.75) is 34.1 Å². The Bertz CT molecular complexity index is 127. The fourth-order valence-corrected chi connectivity index (χ4v) is 0.834. The van der Waals surface area contributed by atoms with E-state index in [0.717, 1.165) is 0 Å². The van der Waals surface area contributed by atoms with Crippen molar-refractivity contribution in [3.05, 3.63) is 24.3 Å². The van der Waals surface area contributed by atoms with Crippen molar-refractivity contribution >= 4 is 0 Å². The predicted molar refractivity (Wildman–Crippen MR) is 48.0 cm³/mol. The van der Waals surface area contributed by atoms with Crippen LogP contribution in [0, 0.1) is 5.41 Å². The van der Waals surface area contributed by atoms with Gasteiger partial charge in [-0.3, -0.25) is 0 Å². The fraction of sp³-hybridized carbons (Fsp3) is 0.600. The standard InChI is InChI=1S/C8H12.C2H6/c1-8(2)6-4-3-5-7-8;1-2/h3-6H,7H2,1-2H3;1-2H3. The summed E-state index contributed by atoms with van der Waals surface area (Å²) in [5.74, 6) is 0. The molecular weight excluding hydrogens is 120 g/mol. The second-order valence-electron chi connectivity index (χ2n) is 2.98. The minimum Gasteiger partial charge on any atom is -0.0837 e. The molecule has 1 aliphatic rings. The van der Waals surface area contributed by atoms with Crippen LogP contribution in [0.4, 0.5) is 0 Å². The summed E-state index contributed by atoms with van der Waals surface area (Å²) < 4.78 is 0. The van der Waals surface area contributed by atoms with Crippen LogP contribution in [0.2, 0.25) is 0 Å². The third kappa shape index (κ3) is 3.49. The summed E-state index contributed by atoms with van der Waals surface area (Å²) >= 11 is 0. The minimum atomic E-state index is 0.411. The van der Waals surface area contributed by atoms with E-state index in [-0.39, 0.29) is 0 Å². The summed E-state index contributed by atoms with van der Waals surface area (Å²) in [4.78, 5) is 0. The van der Waals surface area contributed by atoms with Gasteiger partial charge in [-0.15, -0.1) is 0 Å². The molecule has 0 heteroatoms. The van der Waals surface area contributed by atoms with Gasteiger partial charge in [-0.2, -0.15) is 0 Å². The van der Waals surface area contributed by atoms with Crippen molar-refractivity contribution in [1.82, 2.24) is 0 Å². The van der Waals surface area contributed by atoms with Crippen molar-refractivity contribution in [2.24, 2.45) is 5.41 Å². The van der Waals surface area contributed by atoms with Crippen LogP contribution in [-0.2, 0) is 0 Å². The Kier molecular flexibility index (Phi) is 4.10. The summed E-state index contributed by atoms with van der Waals surface area (Å²) in [6.07, 6.45) is 9.85. The van der Waals surface area contributed by atoms with Gasteiger partial charge in [0.05, 0.1) is 0 Å². The van der Waals surface area contributed by atoms with E-state index in [9.17, 15) is 0 Å². The summed E-state index contributed by atoms with van der Waals surface area (Å²) in [5, 5.41) is 0. The fourth-order valence-electron chi connectivity index (χ4n) is 0.834. The first-order valence-electron chi connectivity index (χ1n) is 4.05. The zero-order valence-electron chi connectivity index (χ0n) is 7.52. The van der Waals surface area contributed by atoms with E-state index < -0.39 is 0 Å². The van der Waals surface area contributed by atoms with E-state index in [1.165, 1.54) is 6.42 Å². The van der Waals surface area contributed by atoms with Gasteiger partial charge >= 0.3 is 0 Å². The summed E-state index contributed by atoms with van der Waals surface area (Å²) in [7, 11) is 0. The first-order chi connectivity index (χ1) is 4.71. The average molecular weight is 138 g/mol. The van der Waals surface area contributed by atoms with Crippen LogP contribution in [0.5, 0.6) is 0 Å². The van der Waals surface area contributed by atoms with Crippen LogP contribution in [0.25, 0.3) is 0 Å². The molecule has 0 spiro atoms. The third-order valence-electron chi connectivity index (χ3n) is 1.44. The molecule has 0 saturated heterocycles. The molecule has 0 atom stereocenters. The number of rotatable bonds is 0. The molecule has 0 N–H and O–H groups in total. The average Bonchev–Trinajstić information content (AvgIpc) is 1.92. The van der Waals surface area contributed by atoms with Crippen molar-refractivity contribution in [3.63, 3.8) is 0 Å². The van der Waals surface area contributed by atoms with Gasteiger partial charge in [0.15, 0.2) is 0 Å². The smallest absolute Gasteiger partial charge is 0.0137 e. The van der Waals surface area contributed by atoms with E-state index in [2.05, 4.69) is 38.2 Å². The topological polar surface area (TPSA) is 0 Å². The Morgan fingerprint density at radius 1 is 1.10 bits per heavy atom. The molecule has 0 bridgehead atoms. The molecule has 0 aromatic carbocycles. The van der Waals surface area contributed by atoms with Crippen LogP contribution in [0.15, 0.2) is 24.3 Å². The van der Waals surface area contributed by atoms with Gasteiger partial charge in [0.25, 0.3) is 0 Å². The molecule has 0 radical (unpaired) electrons. The molecule has 10 heavy (non-hydrogen) atoms. The summed E-state index contributed by atoms with van der Waals surface area (Å²) in [6.45, 7) is 8.49. The number of hydrogen-bond donors (Lipinski definition) is 0. The van der Waals surface area contributed by atoms with Gasteiger partial charge in [-0.1, -0.05) is 52.0 Å². The lowest BCUT2D eigenvalue weighted by molar-refractivity contribution is 0.484. The van der Waals surface area contributed by atoms with Gasteiger partial charge in [-0.05, 0) is 11.8 Å². The van der Waals surface area contributed by atoms with Gasteiger partial charge in [-0.25, -0.2) is 0 Å². The molecule has 58 valence electrons. The van der Waals surface area contributed by atoms with Crippen LogP contribution in [0.3, 0.4) is 0 Å². The molecular formula is C10H18. The van der Waals surface area contributed by atoms with Gasteiger partial charge in [0, 0.05) is 0 Å². The molecule has 0 aromatic rings. The Morgan fingerprint density at radius 3 is 1.90 bits per heavy atom. The lowest BCUT2D eigenvalue weighted by Crippen LogP contribution is -2.06. The summed E-state index contributed by atoms with van der Waals surface area (Å²) in [5.41, 5.74) is 0.411. The molecule has 0 nitrogen and oxygen atoms in total. The highest BCUT2D eigenvalue weighted by atomic mass is 14.2. The highest BCUT2D eigenvalue weighted by Crippen LogP contribution is 2.24.